The Morgan fingerprint density at radius 3 is 2.55 bits per heavy atom. The Bertz CT molecular complexity index is 890. The molecule has 5 nitrogen and oxygen atoms in total. The number of nitrogens with zero attached hydrogens (tertiary/aromatic N) is 1. The molecule has 108 valence electrons. The maximum atomic E-state index is 10.7. The summed E-state index contributed by atoms with van der Waals surface area (Å²) in [5.74, 6) is 0. The number of aryl methyl sites for hydroxylation is 1. The summed E-state index contributed by atoms with van der Waals surface area (Å²) in [7, 11) is -4.50. The Labute approximate surface area is 154 Å². The average Bonchev–Trinajstić information content (AvgIpc) is 2.80. The molecule has 2 aromatic carbocycles. The van der Waals surface area contributed by atoms with Gasteiger partial charge in [-0.15, -0.1) is 11.3 Å². The van der Waals surface area contributed by atoms with E-state index in [-0.39, 0.29) is 35.2 Å². The number of aromatic nitrogens is 1. The molecule has 0 bridgehead atoms. The number of para-hydroxylation sites is 1. The molecule has 0 amide bonds. The number of anilines is 1. The van der Waals surface area contributed by atoms with Crippen LogP contribution in [0.25, 0.3) is 20.8 Å². The number of hydrogen-bond acceptors (Lipinski definition) is 5. The quantitative estimate of drug-likeness (QED) is 0.543. The van der Waals surface area contributed by atoms with Gasteiger partial charge in [0.2, 0.25) is 0 Å². The van der Waals surface area contributed by atoms with E-state index in [4.69, 9.17) is 0 Å². The van der Waals surface area contributed by atoms with Crippen molar-refractivity contribution in [2.75, 3.05) is 4.72 Å². The molecule has 1 aromatic heterocycles. The van der Waals surface area contributed by atoms with Crippen molar-refractivity contribution in [2.24, 2.45) is 0 Å². The van der Waals surface area contributed by atoms with Gasteiger partial charge in [0.15, 0.2) is 10.3 Å². The van der Waals surface area contributed by atoms with Crippen LogP contribution in [-0.4, -0.2) is 18.0 Å². The van der Waals surface area contributed by atoms with Gasteiger partial charge in [0.05, 0.1) is 10.2 Å². The summed E-state index contributed by atoms with van der Waals surface area (Å²) < 4.78 is 35.1. The Balaban J connectivity index is 0.00000176. The fourth-order valence-electron chi connectivity index (χ4n) is 2.10. The molecule has 1 heterocycles. The van der Waals surface area contributed by atoms with E-state index in [0.717, 1.165) is 26.4 Å². The normalized spacial score (nSPS) is 11.2. The summed E-state index contributed by atoms with van der Waals surface area (Å²) in [6.45, 7) is 1.85. The predicted octanol–water partition coefficient (Wildman–Crippen LogP) is 0.148. The molecule has 0 saturated carbocycles. The summed E-state index contributed by atoms with van der Waals surface area (Å²) in [4.78, 5) is 4.57. The van der Waals surface area contributed by atoms with Crippen LogP contribution in [0, 0.1) is 6.92 Å². The van der Waals surface area contributed by atoms with E-state index in [1.54, 1.807) is 29.5 Å². The molecule has 22 heavy (non-hydrogen) atoms. The van der Waals surface area contributed by atoms with Crippen LogP contribution in [0.3, 0.4) is 0 Å². The monoisotopic (exact) mass is 342 g/mol. The zero-order valence-electron chi connectivity index (χ0n) is 12.0. The summed E-state index contributed by atoms with van der Waals surface area (Å²) in [6, 6.07) is 12.8. The number of hydrogen-bond donors (Lipinski definition) is 1. The van der Waals surface area contributed by atoms with E-state index in [2.05, 4.69) is 4.98 Å². The minimum atomic E-state index is -4.50. The molecule has 0 atom stereocenters. The first kappa shape index (κ1) is 17.4. The molecule has 0 spiro atoms. The van der Waals surface area contributed by atoms with Crippen LogP contribution in [-0.2, 0) is 10.3 Å². The number of thiazole rings is 1. The fourth-order valence-corrected chi connectivity index (χ4v) is 3.57. The number of benzene rings is 2. The van der Waals surface area contributed by atoms with Gasteiger partial charge in [0, 0.05) is 11.3 Å². The van der Waals surface area contributed by atoms with Crippen molar-refractivity contribution in [3.8, 4) is 10.6 Å². The van der Waals surface area contributed by atoms with Gasteiger partial charge in [-0.3, -0.25) is 4.72 Å². The fraction of sp³-hybridized carbons (Fsp3) is 0.0714. The van der Waals surface area contributed by atoms with Gasteiger partial charge in [-0.1, -0.05) is 12.1 Å². The first-order chi connectivity index (χ1) is 9.92. The minimum Gasteiger partial charge on any atom is -0.731 e. The van der Waals surface area contributed by atoms with Crippen LogP contribution in [0.15, 0.2) is 42.5 Å². The SMILES string of the molecule is Cc1cc(NS(=O)(=O)[O-])ccc1-c1nc2ccccc2s1.[Na+]. The van der Waals surface area contributed by atoms with Crippen molar-refractivity contribution in [1.82, 2.24) is 4.98 Å². The third kappa shape index (κ3) is 3.87. The second-order valence-corrected chi connectivity index (χ2v) is 6.72. The Hall–Kier alpha value is -0.960. The maximum absolute atomic E-state index is 10.7. The van der Waals surface area contributed by atoms with E-state index in [0.29, 0.717) is 0 Å². The van der Waals surface area contributed by atoms with Crippen molar-refractivity contribution in [2.45, 2.75) is 6.92 Å². The van der Waals surface area contributed by atoms with Crippen molar-refractivity contribution in [3.05, 3.63) is 48.0 Å². The Morgan fingerprint density at radius 2 is 1.91 bits per heavy atom. The zero-order chi connectivity index (χ0) is 15.0. The molecule has 0 aliphatic heterocycles. The number of nitrogens with one attached hydrogen (secondary N) is 1. The summed E-state index contributed by atoms with van der Waals surface area (Å²) in [6.07, 6.45) is 0. The van der Waals surface area contributed by atoms with Gasteiger partial charge in [-0.2, -0.15) is 0 Å². The molecule has 0 unspecified atom stereocenters. The molecule has 3 rings (SSSR count). The van der Waals surface area contributed by atoms with E-state index in [1.165, 1.54) is 0 Å². The van der Waals surface area contributed by atoms with Crippen LogP contribution in [0.1, 0.15) is 5.56 Å². The van der Waals surface area contributed by atoms with Gasteiger partial charge in [0.25, 0.3) is 0 Å². The van der Waals surface area contributed by atoms with Crippen LogP contribution < -0.4 is 34.3 Å². The van der Waals surface area contributed by atoms with Crippen LogP contribution in [0.2, 0.25) is 0 Å². The maximum Gasteiger partial charge on any atom is 1.00 e. The largest absolute Gasteiger partial charge is 1.00 e. The van der Waals surface area contributed by atoms with Crippen molar-refractivity contribution < 1.29 is 42.5 Å². The summed E-state index contributed by atoms with van der Waals surface area (Å²) in [5, 5.41) is 0.866. The topological polar surface area (TPSA) is 82.1 Å². The van der Waals surface area contributed by atoms with Gasteiger partial charge in [0.1, 0.15) is 5.01 Å². The van der Waals surface area contributed by atoms with Crippen LogP contribution >= 0.6 is 11.3 Å². The molecule has 0 radical (unpaired) electrons. The number of fused-ring (bicyclic) bond motifs is 1. The molecular formula is C14H11N2NaO3S2. The third-order valence-corrected chi connectivity index (χ3v) is 4.55. The first-order valence-electron chi connectivity index (χ1n) is 6.12. The van der Waals surface area contributed by atoms with Gasteiger partial charge in [-0.25, -0.2) is 13.4 Å². The van der Waals surface area contributed by atoms with Gasteiger partial charge < -0.3 is 4.55 Å². The number of rotatable bonds is 3. The van der Waals surface area contributed by atoms with Crippen molar-refractivity contribution in [3.63, 3.8) is 0 Å². The standard InChI is InChI=1S/C14H12N2O3S2.Na/c1-9-8-10(16-21(17,18)19)6-7-11(9)14-15-12-4-2-3-5-13(12)20-14;/h2-8,16H,1H3,(H,17,18,19);/q;+1/p-1. The summed E-state index contributed by atoms with van der Waals surface area (Å²) in [5.41, 5.74) is 2.96. The second-order valence-electron chi connectivity index (χ2n) is 4.57. The Kier molecular flexibility index (Phi) is 5.26. The molecule has 8 heteroatoms. The van der Waals surface area contributed by atoms with E-state index < -0.39 is 10.3 Å². The van der Waals surface area contributed by atoms with Crippen LogP contribution in [0.5, 0.6) is 0 Å². The van der Waals surface area contributed by atoms with Crippen molar-refractivity contribution in [1.29, 1.82) is 0 Å². The Morgan fingerprint density at radius 1 is 1.18 bits per heavy atom. The molecular weight excluding hydrogens is 331 g/mol. The average molecular weight is 342 g/mol. The predicted molar refractivity (Wildman–Crippen MR) is 83.1 cm³/mol. The summed E-state index contributed by atoms with van der Waals surface area (Å²) >= 11 is 1.57. The zero-order valence-corrected chi connectivity index (χ0v) is 15.7. The third-order valence-electron chi connectivity index (χ3n) is 2.99. The first-order valence-corrected chi connectivity index (χ1v) is 8.35. The van der Waals surface area contributed by atoms with E-state index in [1.807, 2.05) is 35.9 Å². The molecule has 1 N–H and O–H groups in total. The van der Waals surface area contributed by atoms with Gasteiger partial charge in [-0.05, 0) is 42.8 Å². The molecule has 0 aliphatic rings. The van der Waals surface area contributed by atoms with E-state index in [9.17, 15) is 13.0 Å². The van der Waals surface area contributed by atoms with Crippen LogP contribution in [0.4, 0.5) is 5.69 Å². The minimum absolute atomic E-state index is 0. The second kappa shape index (κ2) is 6.66. The van der Waals surface area contributed by atoms with Gasteiger partial charge >= 0.3 is 29.6 Å². The van der Waals surface area contributed by atoms with E-state index >= 15 is 0 Å². The molecule has 0 aliphatic carbocycles. The van der Waals surface area contributed by atoms with Crippen molar-refractivity contribution >= 4 is 37.5 Å². The molecule has 0 fully saturated rings. The molecule has 0 saturated heterocycles. The molecule has 3 aromatic rings. The smallest absolute Gasteiger partial charge is 0.731 e.